The number of rotatable bonds is 3. The summed E-state index contributed by atoms with van der Waals surface area (Å²) in [7, 11) is 1.69. The predicted molar refractivity (Wildman–Crippen MR) is 134 cm³/mol. The fourth-order valence-corrected chi connectivity index (χ4v) is 8.76. The molecule has 2 saturated carbocycles. The summed E-state index contributed by atoms with van der Waals surface area (Å²) in [5.74, 6) is 3.02. The largest absolute Gasteiger partial charge is 0.497 e. The number of hydrogen-bond donors (Lipinski definition) is 1. The zero-order valence-electron chi connectivity index (χ0n) is 19.9. The van der Waals surface area contributed by atoms with Crippen LogP contribution in [0, 0.1) is 23.2 Å². The molecular weight excluding hydrogens is 428 g/mol. The van der Waals surface area contributed by atoms with Gasteiger partial charge in [-0.1, -0.05) is 49.0 Å². The Morgan fingerprint density at radius 3 is 2.85 bits per heavy atom. The number of fused-ring (bicyclic) bond motifs is 7. The number of nitrogens with zero attached hydrogens (tertiary/aromatic N) is 2. The molecule has 174 valence electrons. The van der Waals surface area contributed by atoms with Crippen LogP contribution in [0.5, 0.6) is 5.75 Å². The van der Waals surface area contributed by atoms with Crippen LogP contribution in [0.3, 0.4) is 0 Å². The summed E-state index contributed by atoms with van der Waals surface area (Å²) in [6.45, 7) is 4.97. The van der Waals surface area contributed by atoms with Gasteiger partial charge in [0.05, 0.1) is 18.9 Å². The maximum absolute atomic E-state index is 10.2. The fraction of sp³-hybridized carbons (Fsp3) is 0.571. The first-order valence-corrected chi connectivity index (χ1v) is 13.3. The van der Waals surface area contributed by atoms with E-state index in [1.807, 2.05) is 30.5 Å². The third kappa shape index (κ3) is 3.34. The van der Waals surface area contributed by atoms with Gasteiger partial charge in [0, 0.05) is 16.5 Å². The molecule has 5 heteroatoms. The van der Waals surface area contributed by atoms with Crippen LogP contribution >= 0.6 is 11.3 Å². The van der Waals surface area contributed by atoms with Gasteiger partial charge in [0.1, 0.15) is 5.75 Å². The Morgan fingerprint density at radius 2 is 2.00 bits per heavy atom. The Hall–Kier alpha value is -1.98. The number of ether oxygens (including phenoxy) is 1. The summed E-state index contributed by atoms with van der Waals surface area (Å²) in [6, 6.07) is 7.98. The normalized spacial score (nSPS) is 37.2. The lowest BCUT2D eigenvalue weighted by Gasteiger charge is -2.57. The maximum Gasteiger partial charge on any atom is 0.209 e. The molecule has 3 unspecified atom stereocenters. The van der Waals surface area contributed by atoms with Crippen molar-refractivity contribution in [3.63, 3.8) is 0 Å². The minimum absolute atomic E-state index is 0.131. The molecular formula is C28H34N2O2S. The fourth-order valence-electron chi connectivity index (χ4n) is 7.66. The Kier molecular flexibility index (Phi) is 5.08. The SMILES string of the molecule is COc1cccc(/C=N/c2nc3c(s2)CC2C4CC=C5C[C@@H](O)CC[C@]5(C)C4CC[C@]32C)c1. The number of aromatic nitrogens is 1. The summed E-state index contributed by atoms with van der Waals surface area (Å²) in [4.78, 5) is 11.3. The van der Waals surface area contributed by atoms with Crippen molar-refractivity contribution in [2.24, 2.45) is 28.2 Å². The molecule has 0 spiro atoms. The quantitative estimate of drug-likeness (QED) is 0.434. The number of aliphatic imine (C=N–C) groups is 1. The van der Waals surface area contributed by atoms with Crippen LogP contribution in [-0.4, -0.2) is 29.5 Å². The molecule has 0 radical (unpaired) electrons. The van der Waals surface area contributed by atoms with Crippen molar-refractivity contribution < 1.29 is 9.84 Å². The summed E-state index contributed by atoms with van der Waals surface area (Å²) < 4.78 is 5.33. The second kappa shape index (κ2) is 7.78. The third-order valence-electron chi connectivity index (χ3n) is 9.52. The van der Waals surface area contributed by atoms with E-state index < -0.39 is 0 Å². The van der Waals surface area contributed by atoms with Gasteiger partial charge in [-0.15, -0.1) is 0 Å². The number of allylic oxidation sites excluding steroid dienone is 1. The van der Waals surface area contributed by atoms with Crippen LogP contribution in [0.2, 0.25) is 0 Å². The summed E-state index contributed by atoms with van der Waals surface area (Å²) in [6.07, 6.45) is 12.1. The van der Waals surface area contributed by atoms with Crippen molar-refractivity contribution in [2.45, 2.75) is 70.3 Å². The molecule has 1 heterocycles. The molecule has 2 aromatic rings. The van der Waals surface area contributed by atoms with Crippen LogP contribution in [-0.2, 0) is 11.8 Å². The highest BCUT2D eigenvalue weighted by molar-refractivity contribution is 7.15. The smallest absolute Gasteiger partial charge is 0.209 e. The molecule has 4 aliphatic rings. The topological polar surface area (TPSA) is 54.7 Å². The number of benzene rings is 1. The molecule has 1 aromatic heterocycles. The van der Waals surface area contributed by atoms with Crippen molar-refractivity contribution in [3.05, 3.63) is 52.0 Å². The molecule has 6 rings (SSSR count). The molecule has 2 fully saturated rings. The van der Waals surface area contributed by atoms with Gasteiger partial charge in [0.25, 0.3) is 0 Å². The van der Waals surface area contributed by atoms with E-state index in [4.69, 9.17) is 14.7 Å². The van der Waals surface area contributed by atoms with Gasteiger partial charge >= 0.3 is 0 Å². The lowest BCUT2D eigenvalue weighted by molar-refractivity contribution is -0.0169. The molecule has 4 nitrogen and oxygen atoms in total. The summed E-state index contributed by atoms with van der Waals surface area (Å²) >= 11 is 1.79. The maximum atomic E-state index is 10.2. The van der Waals surface area contributed by atoms with Gasteiger partial charge < -0.3 is 9.84 Å². The lowest BCUT2D eigenvalue weighted by atomic mass is 9.48. The monoisotopic (exact) mass is 462 g/mol. The zero-order valence-corrected chi connectivity index (χ0v) is 20.7. The standard InChI is InChI=1S/C28H34N2O2S/c1-27-11-9-19(31)14-18(27)7-8-21-22(27)10-12-28(2)23(21)15-24-25(28)30-26(33-24)29-16-17-5-4-6-20(13-17)32-3/h4-7,13,16,19,21-23,31H,8-12,14-15H2,1-3H3/b29-16+/t19-,21?,22?,23?,27-,28-/m0/s1. The molecule has 0 bridgehead atoms. The van der Waals surface area contributed by atoms with Crippen molar-refractivity contribution in [1.82, 2.24) is 4.98 Å². The molecule has 1 aromatic carbocycles. The van der Waals surface area contributed by atoms with Crippen LogP contribution in [0.1, 0.15) is 68.5 Å². The van der Waals surface area contributed by atoms with Crippen molar-refractivity contribution in [1.29, 1.82) is 0 Å². The van der Waals surface area contributed by atoms with Gasteiger partial charge in [-0.05, 0) is 85.8 Å². The Balaban J connectivity index is 1.25. The first kappa shape index (κ1) is 21.5. The molecule has 4 aliphatic carbocycles. The second-order valence-electron chi connectivity index (χ2n) is 11.1. The molecule has 0 saturated heterocycles. The minimum atomic E-state index is -0.131. The lowest BCUT2D eigenvalue weighted by Crippen LogP contribution is -2.51. The van der Waals surface area contributed by atoms with E-state index >= 15 is 0 Å². The van der Waals surface area contributed by atoms with Crippen LogP contribution in [0.4, 0.5) is 5.13 Å². The van der Waals surface area contributed by atoms with Crippen molar-refractivity contribution in [2.75, 3.05) is 7.11 Å². The number of hydrogen-bond acceptors (Lipinski definition) is 5. The highest BCUT2D eigenvalue weighted by Crippen LogP contribution is 2.64. The Labute approximate surface area is 200 Å². The predicted octanol–water partition coefficient (Wildman–Crippen LogP) is 6.24. The first-order chi connectivity index (χ1) is 15.9. The van der Waals surface area contributed by atoms with E-state index in [2.05, 4.69) is 19.9 Å². The van der Waals surface area contributed by atoms with E-state index in [-0.39, 0.29) is 11.5 Å². The van der Waals surface area contributed by atoms with Gasteiger partial charge in [-0.2, -0.15) is 0 Å². The van der Waals surface area contributed by atoms with Crippen LogP contribution < -0.4 is 4.74 Å². The van der Waals surface area contributed by atoms with Gasteiger partial charge in [-0.25, -0.2) is 9.98 Å². The Morgan fingerprint density at radius 1 is 1.15 bits per heavy atom. The van der Waals surface area contributed by atoms with Crippen LogP contribution in [0.15, 0.2) is 40.9 Å². The molecule has 6 atom stereocenters. The third-order valence-corrected chi connectivity index (χ3v) is 10.5. The highest BCUT2D eigenvalue weighted by Gasteiger charge is 2.58. The van der Waals surface area contributed by atoms with E-state index in [1.54, 1.807) is 24.0 Å². The number of aliphatic hydroxyl groups excluding tert-OH is 1. The average Bonchev–Trinajstić information content (AvgIpc) is 3.35. The van der Waals surface area contributed by atoms with E-state index in [1.165, 1.54) is 29.8 Å². The Bertz CT molecular complexity index is 1140. The molecule has 0 amide bonds. The minimum Gasteiger partial charge on any atom is -0.497 e. The highest BCUT2D eigenvalue weighted by atomic mass is 32.1. The summed E-state index contributed by atoms with van der Waals surface area (Å²) in [5, 5.41) is 11.1. The van der Waals surface area contributed by atoms with E-state index in [0.717, 1.165) is 54.0 Å². The number of aliphatic hydroxyl groups is 1. The number of methoxy groups -OCH3 is 1. The zero-order chi connectivity index (χ0) is 22.8. The van der Waals surface area contributed by atoms with Crippen molar-refractivity contribution in [3.8, 4) is 5.75 Å². The average molecular weight is 463 g/mol. The molecule has 33 heavy (non-hydrogen) atoms. The van der Waals surface area contributed by atoms with Gasteiger partial charge in [-0.3, -0.25) is 0 Å². The first-order valence-electron chi connectivity index (χ1n) is 12.5. The van der Waals surface area contributed by atoms with Crippen molar-refractivity contribution >= 4 is 22.7 Å². The van der Waals surface area contributed by atoms with E-state index in [9.17, 15) is 5.11 Å². The number of thiazole rings is 1. The van der Waals surface area contributed by atoms with Gasteiger partial charge in [0.15, 0.2) is 0 Å². The molecule has 1 N–H and O–H groups in total. The second-order valence-corrected chi connectivity index (χ2v) is 12.2. The summed E-state index contributed by atoms with van der Waals surface area (Å²) in [5.41, 5.74) is 4.37. The van der Waals surface area contributed by atoms with Gasteiger partial charge in [0.2, 0.25) is 5.13 Å². The van der Waals surface area contributed by atoms with E-state index in [0.29, 0.717) is 11.3 Å². The van der Waals surface area contributed by atoms with Crippen LogP contribution in [0.25, 0.3) is 0 Å². The molecule has 0 aliphatic heterocycles.